The summed E-state index contributed by atoms with van der Waals surface area (Å²) in [6, 6.07) is 0. The summed E-state index contributed by atoms with van der Waals surface area (Å²) in [5.41, 5.74) is 0. The van der Waals surface area contributed by atoms with Gasteiger partial charge in [-0.3, -0.25) is 4.79 Å². The first-order chi connectivity index (χ1) is 5.13. The Kier molecular flexibility index (Phi) is 2.59. The zero-order valence-electron chi connectivity index (χ0n) is 6.45. The van der Waals surface area contributed by atoms with Gasteiger partial charge in [0, 0.05) is 12.5 Å². The molecule has 0 aromatic rings. The molecular weight excluding hydrogens is 146 g/mol. The van der Waals surface area contributed by atoms with E-state index in [2.05, 4.69) is 5.32 Å². The third kappa shape index (κ3) is 1.77. The molecule has 0 aromatic carbocycles. The van der Waals surface area contributed by atoms with Crippen molar-refractivity contribution in [3.8, 4) is 0 Å². The van der Waals surface area contributed by atoms with Crippen LogP contribution in [0, 0.1) is 5.92 Å². The molecule has 0 spiro atoms. The molecule has 0 aliphatic carbocycles. The number of hydrogen-bond acceptors (Lipinski definition) is 4. The third-order valence-corrected chi connectivity index (χ3v) is 2.03. The molecule has 1 fully saturated rings. The summed E-state index contributed by atoms with van der Waals surface area (Å²) in [5.74, 6) is -0.585. The summed E-state index contributed by atoms with van der Waals surface area (Å²) in [6.45, 7) is 2.29. The Morgan fingerprint density at radius 2 is 2.36 bits per heavy atom. The number of aliphatic hydroxyl groups is 2. The maximum Gasteiger partial charge on any atom is 0.175 e. The molecule has 4 heteroatoms. The monoisotopic (exact) mass is 159 g/mol. The second-order valence-electron chi connectivity index (χ2n) is 2.95. The minimum absolute atomic E-state index is 0.213. The number of nitrogens with one attached hydrogen (secondary N) is 1. The first kappa shape index (κ1) is 8.64. The molecule has 11 heavy (non-hydrogen) atoms. The molecule has 3 N–H and O–H groups in total. The van der Waals surface area contributed by atoms with Crippen LogP contribution < -0.4 is 5.32 Å². The van der Waals surface area contributed by atoms with Gasteiger partial charge in [0.2, 0.25) is 0 Å². The Morgan fingerprint density at radius 3 is 2.82 bits per heavy atom. The van der Waals surface area contributed by atoms with Crippen LogP contribution in [0.5, 0.6) is 0 Å². The van der Waals surface area contributed by atoms with E-state index in [1.165, 1.54) is 0 Å². The summed E-state index contributed by atoms with van der Waals surface area (Å²) in [6.07, 6.45) is -1.63. The molecule has 1 aliphatic rings. The number of piperidine rings is 1. The fourth-order valence-electron chi connectivity index (χ4n) is 1.25. The van der Waals surface area contributed by atoms with Gasteiger partial charge in [0.15, 0.2) is 5.78 Å². The van der Waals surface area contributed by atoms with E-state index in [4.69, 9.17) is 5.11 Å². The molecule has 1 heterocycles. The Bertz CT molecular complexity index is 158. The average Bonchev–Trinajstić information content (AvgIpc) is 1.94. The van der Waals surface area contributed by atoms with Gasteiger partial charge in [-0.15, -0.1) is 0 Å². The predicted molar refractivity (Wildman–Crippen MR) is 39.1 cm³/mol. The van der Waals surface area contributed by atoms with Gasteiger partial charge in [-0.2, -0.15) is 0 Å². The maximum absolute atomic E-state index is 10.9. The van der Waals surface area contributed by atoms with Crippen molar-refractivity contribution in [2.24, 2.45) is 5.92 Å². The van der Waals surface area contributed by atoms with Crippen LogP contribution in [-0.2, 0) is 4.79 Å². The first-order valence-corrected chi connectivity index (χ1v) is 3.72. The molecule has 0 unspecified atom stereocenters. The van der Waals surface area contributed by atoms with Gasteiger partial charge in [0.25, 0.3) is 0 Å². The zero-order valence-corrected chi connectivity index (χ0v) is 6.45. The SMILES string of the molecule is C[C@@H](O)[C@H]1CNCC(=O)[C@@H]1O. The van der Waals surface area contributed by atoms with Crippen LogP contribution in [0.15, 0.2) is 0 Å². The van der Waals surface area contributed by atoms with E-state index >= 15 is 0 Å². The minimum atomic E-state index is -0.990. The second-order valence-corrected chi connectivity index (χ2v) is 2.95. The second kappa shape index (κ2) is 3.30. The highest BCUT2D eigenvalue weighted by atomic mass is 16.3. The lowest BCUT2D eigenvalue weighted by Gasteiger charge is -2.29. The molecule has 0 saturated carbocycles. The fourth-order valence-corrected chi connectivity index (χ4v) is 1.25. The van der Waals surface area contributed by atoms with E-state index in [1.54, 1.807) is 6.92 Å². The molecule has 1 rings (SSSR count). The summed E-state index contributed by atoms with van der Waals surface area (Å²) in [4.78, 5) is 10.9. The van der Waals surface area contributed by atoms with Gasteiger partial charge in [-0.1, -0.05) is 0 Å². The van der Waals surface area contributed by atoms with Crippen LogP contribution in [-0.4, -0.2) is 41.3 Å². The lowest BCUT2D eigenvalue weighted by molar-refractivity contribution is -0.134. The molecule has 3 atom stereocenters. The van der Waals surface area contributed by atoms with Crippen molar-refractivity contribution in [2.45, 2.75) is 19.1 Å². The lowest BCUT2D eigenvalue weighted by Crippen LogP contribution is -2.51. The number of rotatable bonds is 1. The van der Waals surface area contributed by atoms with Gasteiger partial charge in [-0.05, 0) is 6.92 Å². The highest BCUT2D eigenvalue weighted by Gasteiger charge is 2.32. The predicted octanol–water partition coefficient (Wildman–Crippen LogP) is -1.48. The van der Waals surface area contributed by atoms with Crippen molar-refractivity contribution in [1.29, 1.82) is 0 Å². The zero-order chi connectivity index (χ0) is 8.43. The standard InChI is InChI=1S/C7H13NO3/c1-4(9)5-2-8-3-6(10)7(5)11/h4-5,7-9,11H,2-3H2,1H3/t4-,5-,7-/m1/s1. The van der Waals surface area contributed by atoms with Crippen molar-refractivity contribution in [2.75, 3.05) is 13.1 Å². The Hall–Kier alpha value is -0.450. The molecule has 1 saturated heterocycles. The van der Waals surface area contributed by atoms with Gasteiger partial charge in [-0.25, -0.2) is 0 Å². The number of Topliss-reactive ketones (excluding diaryl/α,β-unsaturated/α-hetero) is 1. The summed E-state index contributed by atoms with van der Waals surface area (Å²) in [7, 11) is 0. The molecule has 1 aliphatic heterocycles. The number of carbonyl (C=O) groups is 1. The van der Waals surface area contributed by atoms with Crippen molar-refractivity contribution in [1.82, 2.24) is 5.32 Å². The van der Waals surface area contributed by atoms with Crippen LogP contribution >= 0.6 is 0 Å². The van der Waals surface area contributed by atoms with Gasteiger partial charge >= 0.3 is 0 Å². The number of ketones is 1. The Balaban J connectivity index is 2.58. The summed E-state index contributed by atoms with van der Waals surface area (Å²) < 4.78 is 0. The number of aliphatic hydroxyl groups excluding tert-OH is 2. The molecule has 0 radical (unpaired) electrons. The minimum Gasteiger partial charge on any atom is -0.393 e. The van der Waals surface area contributed by atoms with Gasteiger partial charge in [0.1, 0.15) is 6.10 Å². The highest BCUT2D eigenvalue weighted by Crippen LogP contribution is 2.12. The third-order valence-electron chi connectivity index (χ3n) is 2.03. The van der Waals surface area contributed by atoms with E-state index in [0.29, 0.717) is 6.54 Å². The topological polar surface area (TPSA) is 69.6 Å². The summed E-state index contributed by atoms with van der Waals surface area (Å²) in [5, 5.41) is 21.2. The largest absolute Gasteiger partial charge is 0.393 e. The average molecular weight is 159 g/mol. The van der Waals surface area contributed by atoms with Gasteiger partial charge in [0.05, 0.1) is 12.6 Å². The summed E-state index contributed by atoms with van der Waals surface area (Å²) >= 11 is 0. The molecule has 0 aromatic heterocycles. The van der Waals surface area contributed by atoms with E-state index < -0.39 is 12.2 Å². The van der Waals surface area contributed by atoms with Crippen LogP contribution in [0.3, 0.4) is 0 Å². The van der Waals surface area contributed by atoms with Crippen molar-refractivity contribution in [3.05, 3.63) is 0 Å². The molecule has 4 nitrogen and oxygen atoms in total. The number of carbonyl (C=O) groups excluding carboxylic acids is 1. The lowest BCUT2D eigenvalue weighted by atomic mass is 9.91. The quantitative estimate of drug-likeness (QED) is 0.436. The van der Waals surface area contributed by atoms with E-state index in [9.17, 15) is 9.90 Å². The van der Waals surface area contributed by atoms with Crippen LogP contribution in [0.25, 0.3) is 0 Å². The fraction of sp³-hybridized carbons (Fsp3) is 0.857. The van der Waals surface area contributed by atoms with Crippen molar-refractivity contribution < 1.29 is 15.0 Å². The van der Waals surface area contributed by atoms with Crippen LogP contribution in [0.2, 0.25) is 0 Å². The maximum atomic E-state index is 10.9. The van der Waals surface area contributed by atoms with Crippen LogP contribution in [0.1, 0.15) is 6.92 Å². The smallest absolute Gasteiger partial charge is 0.175 e. The van der Waals surface area contributed by atoms with Crippen LogP contribution in [0.4, 0.5) is 0 Å². The first-order valence-electron chi connectivity index (χ1n) is 3.72. The van der Waals surface area contributed by atoms with E-state index in [1.807, 2.05) is 0 Å². The van der Waals surface area contributed by atoms with Gasteiger partial charge < -0.3 is 15.5 Å². The Morgan fingerprint density at radius 1 is 1.73 bits per heavy atom. The number of hydrogen-bond donors (Lipinski definition) is 3. The molecule has 64 valence electrons. The van der Waals surface area contributed by atoms with Crippen molar-refractivity contribution in [3.63, 3.8) is 0 Å². The normalized spacial score (nSPS) is 35.4. The molecular formula is C7H13NO3. The molecule has 0 bridgehead atoms. The Labute approximate surface area is 65.2 Å². The van der Waals surface area contributed by atoms with Crippen molar-refractivity contribution >= 4 is 5.78 Å². The molecule has 0 amide bonds. The van der Waals surface area contributed by atoms with E-state index in [0.717, 1.165) is 0 Å². The highest BCUT2D eigenvalue weighted by molar-refractivity contribution is 5.85. The van der Waals surface area contributed by atoms with E-state index in [-0.39, 0.29) is 18.2 Å².